The molecule has 16 heavy (non-hydrogen) atoms. The van der Waals surface area contributed by atoms with Crippen molar-refractivity contribution >= 4 is 11.4 Å². The van der Waals surface area contributed by atoms with Gasteiger partial charge in [0, 0.05) is 0 Å². The lowest BCUT2D eigenvalue weighted by Gasteiger charge is -2.08. The molecule has 1 aromatic rings. The Morgan fingerprint density at radius 2 is 2.00 bits per heavy atom. The molecular formula is C10H13FO4S. The van der Waals surface area contributed by atoms with E-state index in [0.717, 1.165) is 5.56 Å². The zero-order valence-electron chi connectivity index (χ0n) is 8.54. The fraction of sp³-hybridized carbons (Fsp3) is 0.400. The second kappa shape index (κ2) is 7.45. The highest BCUT2D eigenvalue weighted by Gasteiger charge is 2.08. The summed E-state index contributed by atoms with van der Waals surface area (Å²) in [5.74, 6) is 0. The predicted octanol–water partition coefficient (Wildman–Crippen LogP) is 1.69. The summed E-state index contributed by atoms with van der Waals surface area (Å²) in [4.78, 5) is 0. The van der Waals surface area contributed by atoms with E-state index in [0.29, 0.717) is 6.61 Å². The Bertz CT molecular complexity index is 320. The zero-order chi connectivity index (χ0) is 11.8. The molecule has 0 heterocycles. The van der Waals surface area contributed by atoms with Gasteiger partial charge in [0.2, 0.25) is 0 Å². The first kappa shape index (κ1) is 13.2. The van der Waals surface area contributed by atoms with Crippen molar-refractivity contribution in [3.63, 3.8) is 0 Å². The first-order valence-electron chi connectivity index (χ1n) is 4.68. The molecule has 1 unspecified atom stereocenters. The zero-order valence-corrected chi connectivity index (χ0v) is 9.36. The average molecular weight is 248 g/mol. The van der Waals surface area contributed by atoms with E-state index in [1.807, 2.05) is 30.3 Å². The summed E-state index contributed by atoms with van der Waals surface area (Å²) in [7, 11) is 0. The molecule has 0 bridgehead atoms. The van der Waals surface area contributed by atoms with Crippen LogP contribution in [0.4, 0.5) is 4.39 Å². The van der Waals surface area contributed by atoms with Gasteiger partial charge in [0.15, 0.2) is 0 Å². The predicted molar refractivity (Wildman–Crippen MR) is 57.7 cm³/mol. The van der Waals surface area contributed by atoms with Gasteiger partial charge < -0.3 is 4.74 Å². The number of halogens is 1. The summed E-state index contributed by atoms with van der Waals surface area (Å²) in [6.45, 7) is -0.298. The number of ether oxygens (including phenoxy) is 1. The molecular weight excluding hydrogens is 235 g/mol. The van der Waals surface area contributed by atoms with Gasteiger partial charge in [-0.3, -0.25) is 8.74 Å². The summed E-state index contributed by atoms with van der Waals surface area (Å²) in [5, 5.41) is 0. The fourth-order valence-electron chi connectivity index (χ4n) is 1.06. The van der Waals surface area contributed by atoms with Crippen LogP contribution in [0.3, 0.4) is 0 Å². The Balaban J connectivity index is 2.13. The first-order valence-corrected chi connectivity index (χ1v) is 5.71. The van der Waals surface area contributed by atoms with E-state index in [9.17, 15) is 8.60 Å². The van der Waals surface area contributed by atoms with Gasteiger partial charge in [0.25, 0.3) is 0 Å². The number of benzene rings is 1. The summed E-state index contributed by atoms with van der Waals surface area (Å²) in [5.41, 5.74) is 0.946. The third-order valence-electron chi connectivity index (χ3n) is 1.76. The maximum atomic E-state index is 13.0. The summed E-state index contributed by atoms with van der Waals surface area (Å²) in [6, 6.07) is 9.35. The maximum absolute atomic E-state index is 13.0. The minimum absolute atomic E-state index is 0.161. The standard InChI is InChI=1S/C10H13FO4S/c11-10(8-15-16(12)13)7-14-6-9-4-2-1-3-5-9/h1-5,10H,6-8H2,(H,12,13)/t10-/m1/s1. The van der Waals surface area contributed by atoms with Crippen molar-refractivity contribution in [2.75, 3.05) is 13.2 Å². The second-order valence-electron chi connectivity index (χ2n) is 3.10. The average Bonchev–Trinajstić information content (AvgIpc) is 2.28. The van der Waals surface area contributed by atoms with Crippen LogP contribution in [0.1, 0.15) is 5.56 Å². The van der Waals surface area contributed by atoms with Crippen molar-refractivity contribution < 1.29 is 22.1 Å². The van der Waals surface area contributed by atoms with Crippen LogP contribution in [0, 0.1) is 0 Å². The van der Waals surface area contributed by atoms with Crippen molar-refractivity contribution in [1.82, 2.24) is 0 Å². The Labute approximate surface area is 95.9 Å². The fourth-order valence-corrected chi connectivity index (χ4v) is 1.32. The number of rotatable bonds is 7. The van der Waals surface area contributed by atoms with Gasteiger partial charge in [-0.2, -0.15) is 4.21 Å². The second-order valence-corrected chi connectivity index (χ2v) is 3.77. The summed E-state index contributed by atoms with van der Waals surface area (Å²) >= 11 is -2.42. The van der Waals surface area contributed by atoms with Gasteiger partial charge >= 0.3 is 11.4 Å². The van der Waals surface area contributed by atoms with Crippen molar-refractivity contribution in [3.8, 4) is 0 Å². The van der Waals surface area contributed by atoms with E-state index < -0.39 is 24.1 Å². The molecule has 0 saturated carbocycles. The van der Waals surface area contributed by atoms with Gasteiger partial charge in [-0.05, 0) is 5.56 Å². The molecule has 0 aliphatic heterocycles. The van der Waals surface area contributed by atoms with Gasteiger partial charge in [0.05, 0.1) is 19.8 Å². The SMILES string of the molecule is O=S(O)OC[C@H](F)COCc1ccccc1. The summed E-state index contributed by atoms with van der Waals surface area (Å²) < 4.78 is 40.6. The molecule has 0 aromatic heterocycles. The molecule has 0 saturated heterocycles. The van der Waals surface area contributed by atoms with E-state index in [1.165, 1.54) is 0 Å². The van der Waals surface area contributed by atoms with E-state index in [4.69, 9.17) is 9.29 Å². The molecule has 2 atom stereocenters. The lowest BCUT2D eigenvalue weighted by molar-refractivity contribution is 0.0497. The molecule has 0 amide bonds. The molecule has 0 spiro atoms. The number of hydrogen-bond donors (Lipinski definition) is 1. The molecule has 1 N–H and O–H groups in total. The van der Waals surface area contributed by atoms with Crippen molar-refractivity contribution in [2.45, 2.75) is 12.8 Å². The van der Waals surface area contributed by atoms with E-state index in [-0.39, 0.29) is 6.61 Å². The number of alkyl halides is 1. The highest BCUT2D eigenvalue weighted by atomic mass is 32.2. The lowest BCUT2D eigenvalue weighted by atomic mass is 10.2. The molecule has 0 aliphatic carbocycles. The first-order chi connectivity index (χ1) is 7.68. The van der Waals surface area contributed by atoms with Crippen LogP contribution in [-0.4, -0.2) is 28.1 Å². The highest BCUT2D eigenvalue weighted by Crippen LogP contribution is 2.02. The van der Waals surface area contributed by atoms with Crippen LogP contribution in [-0.2, 0) is 26.9 Å². The molecule has 6 heteroatoms. The Morgan fingerprint density at radius 3 is 2.62 bits per heavy atom. The van der Waals surface area contributed by atoms with E-state index in [1.54, 1.807) is 0 Å². The van der Waals surface area contributed by atoms with Crippen molar-refractivity contribution in [3.05, 3.63) is 35.9 Å². The summed E-state index contributed by atoms with van der Waals surface area (Å²) in [6.07, 6.45) is -1.40. The van der Waals surface area contributed by atoms with Crippen molar-refractivity contribution in [2.24, 2.45) is 0 Å². The Hall–Kier alpha value is -0.820. The molecule has 0 fully saturated rings. The molecule has 0 aliphatic rings. The van der Waals surface area contributed by atoms with Gasteiger partial charge in [-0.25, -0.2) is 4.39 Å². The van der Waals surface area contributed by atoms with E-state index in [2.05, 4.69) is 4.18 Å². The Morgan fingerprint density at radius 1 is 1.31 bits per heavy atom. The quantitative estimate of drug-likeness (QED) is 0.746. The van der Waals surface area contributed by atoms with Gasteiger partial charge in [-0.15, -0.1) is 0 Å². The van der Waals surface area contributed by atoms with Gasteiger partial charge in [-0.1, -0.05) is 30.3 Å². The molecule has 90 valence electrons. The molecule has 0 radical (unpaired) electrons. The minimum atomic E-state index is -2.42. The third-order valence-corrected chi connectivity index (χ3v) is 2.10. The van der Waals surface area contributed by atoms with Crippen LogP contribution in [0.25, 0.3) is 0 Å². The largest absolute Gasteiger partial charge is 0.374 e. The van der Waals surface area contributed by atoms with Gasteiger partial charge in [0.1, 0.15) is 6.17 Å². The molecule has 1 aromatic carbocycles. The Kier molecular flexibility index (Phi) is 6.17. The van der Waals surface area contributed by atoms with E-state index >= 15 is 0 Å². The van der Waals surface area contributed by atoms with Crippen LogP contribution < -0.4 is 0 Å². The normalized spacial score (nSPS) is 14.6. The van der Waals surface area contributed by atoms with Crippen LogP contribution in [0.5, 0.6) is 0 Å². The van der Waals surface area contributed by atoms with Crippen LogP contribution in [0.2, 0.25) is 0 Å². The minimum Gasteiger partial charge on any atom is -0.374 e. The molecule has 1 rings (SSSR count). The topological polar surface area (TPSA) is 55.8 Å². The third kappa shape index (κ3) is 5.92. The smallest absolute Gasteiger partial charge is 0.301 e. The van der Waals surface area contributed by atoms with Crippen LogP contribution in [0.15, 0.2) is 30.3 Å². The van der Waals surface area contributed by atoms with Crippen molar-refractivity contribution in [1.29, 1.82) is 0 Å². The maximum Gasteiger partial charge on any atom is 0.301 e. The number of hydrogen-bond acceptors (Lipinski definition) is 3. The van der Waals surface area contributed by atoms with Crippen LogP contribution >= 0.6 is 0 Å². The lowest BCUT2D eigenvalue weighted by Crippen LogP contribution is -2.17. The monoisotopic (exact) mass is 248 g/mol. The molecule has 4 nitrogen and oxygen atoms in total. The highest BCUT2D eigenvalue weighted by molar-refractivity contribution is 7.74.